The minimum absolute atomic E-state index is 0.000617. The van der Waals surface area contributed by atoms with Gasteiger partial charge in [0, 0.05) is 13.1 Å². The lowest BCUT2D eigenvalue weighted by Crippen LogP contribution is -2.58. The Hall–Kier alpha value is -1.31. The lowest BCUT2D eigenvalue weighted by molar-refractivity contribution is -0.193. The molecule has 8 heteroatoms. The molecule has 0 aliphatic carbocycles. The maximum Gasteiger partial charge on any atom is 0.471 e. The van der Waals surface area contributed by atoms with E-state index in [2.05, 4.69) is 5.32 Å². The Morgan fingerprint density at radius 2 is 2.11 bits per heavy atom. The second-order valence-corrected chi connectivity index (χ2v) is 3.88. The van der Waals surface area contributed by atoms with Gasteiger partial charge >= 0.3 is 12.1 Å². The molecule has 0 radical (unpaired) electrons. The van der Waals surface area contributed by atoms with Crippen LogP contribution in [0.4, 0.5) is 13.2 Å². The first-order chi connectivity index (χ1) is 8.38. The minimum atomic E-state index is -4.97. The van der Waals surface area contributed by atoms with Gasteiger partial charge in [-0.15, -0.1) is 0 Å². The van der Waals surface area contributed by atoms with Gasteiger partial charge in [-0.2, -0.15) is 13.2 Å². The lowest BCUT2D eigenvalue weighted by atomic mass is 10.2. The third kappa shape index (κ3) is 3.59. The highest BCUT2D eigenvalue weighted by Crippen LogP contribution is 2.21. The van der Waals surface area contributed by atoms with E-state index in [-0.39, 0.29) is 19.8 Å². The van der Waals surface area contributed by atoms with E-state index in [1.54, 1.807) is 0 Å². The van der Waals surface area contributed by atoms with E-state index < -0.39 is 24.0 Å². The SMILES string of the molecule is CCCNC(=O)C1COCCN1C(=O)C(F)(F)F. The molecule has 0 aromatic rings. The van der Waals surface area contributed by atoms with E-state index in [0.717, 1.165) is 0 Å². The molecule has 1 unspecified atom stereocenters. The van der Waals surface area contributed by atoms with Crippen LogP contribution >= 0.6 is 0 Å². The number of ether oxygens (including phenoxy) is 1. The maximum atomic E-state index is 12.4. The van der Waals surface area contributed by atoms with Crippen LogP contribution < -0.4 is 5.32 Å². The summed E-state index contributed by atoms with van der Waals surface area (Å²) in [7, 11) is 0. The van der Waals surface area contributed by atoms with Crippen LogP contribution in [0.15, 0.2) is 0 Å². The van der Waals surface area contributed by atoms with Crippen molar-refractivity contribution >= 4 is 11.8 Å². The number of alkyl halides is 3. The second kappa shape index (κ2) is 6.03. The summed E-state index contributed by atoms with van der Waals surface area (Å²) >= 11 is 0. The standard InChI is InChI=1S/C10H15F3N2O3/c1-2-3-14-8(16)7-6-18-5-4-15(7)9(17)10(11,12)13/h7H,2-6H2,1H3,(H,14,16). The summed E-state index contributed by atoms with van der Waals surface area (Å²) < 4.78 is 42.0. The molecular weight excluding hydrogens is 253 g/mol. The average Bonchev–Trinajstić information content (AvgIpc) is 2.34. The van der Waals surface area contributed by atoms with Gasteiger partial charge in [-0.1, -0.05) is 6.92 Å². The highest BCUT2D eigenvalue weighted by molar-refractivity contribution is 5.90. The smallest absolute Gasteiger partial charge is 0.377 e. The summed E-state index contributed by atoms with van der Waals surface area (Å²) in [6.07, 6.45) is -4.31. The Morgan fingerprint density at radius 1 is 1.44 bits per heavy atom. The largest absolute Gasteiger partial charge is 0.471 e. The summed E-state index contributed by atoms with van der Waals surface area (Å²) in [5.74, 6) is -2.61. The van der Waals surface area contributed by atoms with E-state index in [4.69, 9.17) is 4.74 Å². The Labute approximate surface area is 102 Å². The molecule has 104 valence electrons. The fourth-order valence-electron chi connectivity index (χ4n) is 1.59. The van der Waals surface area contributed by atoms with Crippen molar-refractivity contribution in [2.45, 2.75) is 25.6 Å². The molecule has 1 atom stereocenters. The Kier molecular flexibility index (Phi) is 4.94. The topological polar surface area (TPSA) is 58.6 Å². The summed E-state index contributed by atoms with van der Waals surface area (Å²) in [6, 6.07) is -1.21. The summed E-state index contributed by atoms with van der Waals surface area (Å²) in [5.41, 5.74) is 0. The van der Waals surface area contributed by atoms with Crippen molar-refractivity contribution in [1.82, 2.24) is 10.2 Å². The summed E-state index contributed by atoms with van der Waals surface area (Å²) in [5, 5.41) is 2.46. The number of amides is 2. The van der Waals surface area contributed by atoms with E-state index in [9.17, 15) is 22.8 Å². The molecular formula is C10H15F3N2O3. The van der Waals surface area contributed by atoms with Gasteiger partial charge in [0.15, 0.2) is 0 Å². The van der Waals surface area contributed by atoms with Gasteiger partial charge in [0.25, 0.3) is 0 Å². The van der Waals surface area contributed by atoms with E-state index in [1.807, 2.05) is 6.92 Å². The van der Waals surface area contributed by atoms with Crippen LogP contribution in [0.1, 0.15) is 13.3 Å². The molecule has 18 heavy (non-hydrogen) atoms. The van der Waals surface area contributed by atoms with Crippen molar-refractivity contribution in [3.63, 3.8) is 0 Å². The molecule has 0 aromatic carbocycles. The zero-order chi connectivity index (χ0) is 13.8. The van der Waals surface area contributed by atoms with Crippen LogP contribution in [0.2, 0.25) is 0 Å². The van der Waals surface area contributed by atoms with Gasteiger partial charge < -0.3 is 15.0 Å². The van der Waals surface area contributed by atoms with Crippen molar-refractivity contribution in [3.8, 4) is 0 Å². The van der Waals surface area contributed by atoms with Crippen molar-refractivity contribution in [3.05, 3.63) is 0 Å². The molecule has 0 spiro atoms. The predicted molar refractivity (Wildman–Crippen MR) is 55.7 cm³/mol. The normalized spacial score (nSPS) is 20.7. The molecule has 5 nitrogen and oxygen atoms in total. The van der Waals surface area contributed by atoms with E-state index in [0.29, 0.717) is 17.9 Å². The van der Waals surface area contributed by atoms with Crippen LogP contribution in [-0.2, 0) is 14.3 Å². The van der Waals surface area contributed by atoms with E-state index in [1.165, 1.54) is 0 Å². The van der Waals surface area contributed by atoms with Gasteiger partial charge in [0.1, 0.15) is 6.04 Å². The fraction of sp³-hybridized carbons (Fsp3) is 0.800. The number of carbonyl (C=O) groups is 2. The number of hydrogen-bond acceptors (Lipinski definition) is 3. The number of rotatable bonds is 3. The molecule has 1 heterocycles. The molecule has 1 N–H and O–H groups in total. The quantitative estimate of drug-likeness (QED) is 0.801. The Morgan fingerprint density at radius 3 is 2.67 bits per heavy atom. The number of nitrogens with one attached hydrogen (secondary N) is 1. The first-order valence-corrected chi connectivity index (χ1v) is 5.61. The minimum Gasteiger partial charge on any atom is -0.377 e. The molecule has 0 bridgehead atoms. The molecule has 1 fully saturated rings. The van der Waals surface area contributed by atoms with Crippen LogP contribution in [0.25, 0.3) is 0 Å². The number of hydrogen-bond donors (Lipinski definition) is 1. The monoisotopic (exact) mass is 268 g/mol. The third-order valence-electron chi connectivity index (χ3n) is 2.48. The average molecular weight is 268 g/mol. The second-order valence-electron chi connectivity index (χ2n) is 3.88. The zero-order valence-electron chi connectivity index (χ0n) is 9.92. The van der Waals surface area contributed by atoms with Gasteiger partial charge in [-0.3, -0.25) is 9.59 Å². The van der Waals surface area contributed by atoms with Gasteiger partial charge in [0.2, 0.25) is 5.91 Å². The highest BCUT2D eigenvalue weighted by Gasteiger charge is 2.47. The van der Waals surface area contributed by atoms with Crippen LogP contribution in [-0.4, -0.2) is 55.2 Å². The number of nitrogens with zero attached hydrogens (tertiary/aromatic N) is 1. The number of halogens is 3. The van der Waals surface area contributed by atoms with Crippen molar-refractivity contribution in [1.29, 1.82) is 0 Å². The predicted octanol–water partition coefficient (Wildman–Crippen LogP) is 0.302. The zero-order valence-corrected chi connectivity index (χ0v) is 9.92. The first-order valence-electron chi connectivity index (χ1n) is 5.61. The molecule has 1 aliphatic heterocycles. The van der Waals surface area contributed by atoms with Crippen molar-refractivity contribution in [2.24, 2.45) is 0 Å². The van der Waals surface area contributed by atoms with Crippen molar-refractivity contribution < 1.29 is 27.5 Å². The summed E-state index contributed by atoms with van der Waals surface area (Å²) in [4.78, 5) is 23.3. The summed E-state index contributed by atoms with van der Waals surface area (Å²) in [6.45, 7) is 1.72. The molecule has 1 rings (SSSR count). The third-order valence-corrected chi connectivity index (χ3v) is 2.48. The molecule has 0 saturated carbocycles. The van der Waals surface area contributed by atoms with Crippen LogP contribution in [0, 0.1) is 0 Å². The molecule has 1 aliphatic rings. The van der Waals surface area contributed by atoms with Gasteiger partial charge in [0.05, 0.1) is 13.2 Å². The van der Waals surface area contributed by atoms with E-state index >= 15 is 0 Å². The molecule has 2 amide bonds. The first kappa shape index (κ1) is 14.7. The maximum absolute atomic E-state index is 12.4. The van der Waals surface area contributed by atoms with Gasteiger partial charge in [-0.05, 0) is 6.42 Å². The number of morpholine rings is 1. The lowest BCUT2D eigenvalue weighted by Gasteiger charge is -2.34. The van der Waals surface area contributed by atoms with Crippen LogP contribution in [0.5, 0.6) is 0 Å². The molecule has 0 aromatic heterocycles. The fourth-order valence-corrected chi connectivity index (χ4v) is 1.59. The Bertz CT molecular complexity index is 320. The highest BCUT2D eigenvalue weighted by atomic mass is 19.4. The van der Waals surface area contributed by atoms with Crippen molar-refractivity contribution in [2.75, 3.05) is 26.3 Å². The molecule has 1 saturated heterocycles. The Balaban J connectivity index is 2.74. The van der Waals surface area contributed by atoms with Crippen LogP contribution in [0.3, 0.4) is 0 Å². The van der Waals surface area contributed by atoms with Gasteiger partial charge in [-0.25, -0.2) is 0 Å². The number of carbonyl (C=O) groups excluding carboxylic acids is 2.